The highest BCUT2D eigenvalue weighted by molar-refractivity contribution is 5.89. The third-order valence-corrected chi connectivity index (χ3v) is 2.51. The van der Waals surface area contributed by atoms with Gasteiger partial charge in [-0.1, -0.05) is 12.1 Å². The third kappa shape index (κ3) is 3.50. The maximum absolute atomic E-state index is 8.60. The standard InChI is InChI=1S/C12H17N5O2/c13-17-12-15-10-4-2-1-3-9(10)11(16-12)14-5-7-19-8-6-18/h1-4,18H,5-8,13H2,(H2,14,15,16,17). The van der Waals surface area contributed by atoms with Crippen LogP contribution >= 0.6 is 0 Å². The fraction of sp³-hybridized carbons (Fsp3) is 0.333. The first kappa shape index (κ1) is 13.5. The Hall–Kier alpha value is -1.96. The van der Waals surface area contributed by atoms with Crippen molar-refractivity contribution in [3.05, 3.63) is 24.3 Å². The smallest absolute Gasteiger partial charge is 0.239 e. The molecule has 2 rings (SSSR count). The van der Waals surface area contributed by atoms with Gasteiger partial charge in [0.25, 0.3) is 0 Å². The largest absolute Gasteiger partial charge is 0.394 e. The monoisotopic (exact) mass is 263 g/mol. The first-order valence-corrected chi connectivity index (χ1v) is 6.01. The van der Waals surface area contributed by atoms with E-state index in [-0.39, 0.29) is 6.61 Å². The number of hydrogen-bond donors (Lipinski definition) is 4. The Morgan fingerprint density at radius 1 is 1.21 bits per heavy atom. The zero-order valence-corrected chi connectivity index (χ0v) is 10.5. The summed E-state index contributed by atoms with van der Waals surface area (Å²) in [5.41, 5.74) is 3.25. The minimum absolute atomic E-state index is 0.0255. The first-order chi connectivity index (χ1) is 9.35. The highest BCUT2D eigenvalue weighted by Gasteiger charge is 2.05. The van der Waals surface area contributed by atoms with E-state index in [1.165, 1.54) is 0 Å². The number of nitrogen functional groups attached to an aromatic ring is 1. The van der Waals surface area contributed by atoms with Crippen molar-refractivity contribution in [3.63, 3.8) is 0 Å². The molecule has 19 heavy (non-hydrogen) atoms. The maximum Gasteiger partial charge on any atom is 0.239 e. The van der Waals surface area contributed by atoms with Crippen LogP contribution in [0.3, 0.4) is 0 Å². The van der Waals surface area contributed by atoms with Crippen LogP contribution in [0.5, 0.6) is 0 Å². The zero-order chi connectivity index (χ0) is 13.5. The molecule has 0 atom stereocenters. The fourth-order valence-corrected chi connectivity index (χ4v) is 1.68. The quantitative estimate of drug-likeness (QED) is 0.324. The average Bonchev–Trinajstić information content (AvgIpc) is 2.46. The molecule has 0 aliphatic rings. The first-order valence-electron chi connectivity index (χ1n) is 6.01. The molecule has 0 radical (unpaired) electrons. The van der Waals surface area contributed by atoms with Crippen LogP contribution in [0.2, 0.25) is 0 Å². The van der Waals surface area contributed by atoms with Gasteiger partial charge in [0.1, 0.15) is 5.82 Å². The van der Waals surface area contributed by atoms with Gasteiger partial charge in [-0.25, -0.2) is 10.8 Å². The van der Waals surface area contributed by atoms with Crippen LogP contribution < -0.4 is 16.6 Å². The summed E-state index contributed by atoms with van der Waals surface area (Å²) in [6.07, 6.45) is 0. The van der Waals surface area contributed by atoms with Crippen LogP contribution in [0.15, 0.2) is 24.3 Å². The minimum atomic E-state index is 0.0255. The second-order valence-corrected chi connectivity index (χ2v) is 3.82. The Labute approximate surface area is 110 Å². The van der Waals surface area contributed by atoms with Crippen molar-refractivity contribution in [2.45, 2.75) is 0 Å². The molecule has 0 unspecified atom stereocenters. The van der Waals surface area contributed by atoms with E-state index in [0.29, 0.717) is 31.5 Å². The van der Waals surface area contributed by atoms with Crippen molar-refractivity contribution in [3.8, 4) is 0 Å². The summed E-state index contributed by atoms with van der Waals surface area (Å²) in [4.78, 5) is 8.53. The van der Waals surface area contributed by atoms with Gasteiger partial charge >= 0.3 is 0 Å². The van der Waals surface area contributed by atoms with E-state index < -0.39 is 0 Å². The molecule has 0 bridgehead atoms. The van der Waals surface area contributed by atoms with Crippen LogP contribution in [0, 0.1) is 0 Å². The molecule has 0 saturated carbocycles. The Kier molecular flexibility index (Phi) is 4.85. The molecule has 0 aliphatic heterocycles. The van der Waals surface area contributed by atoms with Crippen molar-refractivity contribution >= 4 is 22.7 Å². The van der Waals surface area contributed by atoms with Crippen LogP contribution in [-0.2, 0) is 4.74 Å². The second kappa shape index (κ2) is 6.83. The van der Waals surface area contributed by atoms with E-state index in [0.717, 1.165) is 10.9 Å². The Morgan fingerprint density at radius 3 is 2.84 bits per heavy atom. The zero-order valence-electron chi connectivity index (χ0n) is 10.5. The van der Waals surface area contributed by atoms with Gasteiger partial charge in [-0.05, 0) is 12.1 Å². The van der Waals surface area contributed by atoms with Crippen molar-refractivity contribution < 1.29 is 9.84 Å². The van der Waals surface area contributed by atoms with Gasteiger partial charge in [0.2, 0.25) is 5.95 Å². The number of aliphatic hydroxyl groups excluding tert-OH is 1. The summed E-state index contributed by atoms with van der Waals surface area (Å²) < 4.78 is 5.18. The molecule has 0 spiro atoms. The molecular weight excluding hydrogens is 246 g/mol. The molecule has 0 aliphatic carbocycles. The lowest BCUT2D eigenvalue weighted by Gasteiger charge is -2.10. The molecule has 0 amide bonds. The number of benzene rings is 1. The van der Waals surface area contributed by atoms with Crippen molar-refractivity contribution in [1.82, 2.24) is 9.97 Å². The normalized spacial score (nSPS) is 10.6. The number of nitrogens with zero attached hydrogens (tertiary/aromatic N) is 2. The number of hydrazine groups is 1. The number of ether oxygens (including phenoxy) is 1. The van der Waals surface area contributed by atoms with Crippen molar-refractivity contribution in [1.29, 1.82) is 0 Å². The Morgan fingerprint density at radius 2 is 2.05 bits per heavy atom. The molecule has 7 nitrogen and oxygen atoms in total. The van der Waals surface area contributed by atoms with E-state index in [4.69, 9.17) is 15.7 Å². The number of hydrogen-bond acceptors (Lipinski definition) is 7. The molecule has 5 N–H and O–H groups in total. The molecule has 1 aromatic heterocycles. The summed E-state index contributed by atoms with van der Waals surface area (Å²) in [5, 5.41) is 12.7. The van der Waals surface area contributed by atoms with E-state index in [1.54, 1.807) is 0 Å². The van der Waals surface area contributed by atoms with Gasteiger partial charge in [0, 0.05) is 11.9 Å². The number of rotatable bonds is 7. The van der Waals surface area contributed by atoms with Gasteiger partial charge in [-0.15, -0.1) is 0 Å². The Balaban J connectivity index is 2.11. The van der Waals surface area contributed by atoms with Crippen LogP contribution in [-0.4, -0.2) is 41.4 Å². The number of para-hydroxylation sites is 1. The summed E-state index contributed by atoms with van der Waals surface area (Å²) in [6.45, 7) is 1.44. The number of anilines is 2. The molecular formula is C12H17N5O2. The summed E-state index contributed by atoms with van der Waals surface area (Å²) in [7, 11) is 0. The average molecular weight is 263 g/mol. The molecule has 2 aromatic rings. The van der Waals surface area contributed by atoms with Gasteiger partial charge < -0.3 is 15.2 Å². The Bertz CT molecular complexity index is 535. The molecule has 0 saturated heterocycles. The topological polar surface area (TPSA) is 105 Å². The van der Waals surface area contributed by atoms with Crippen LogP contribution in [0.25, 0.3) is 10.9 Å². The number of nitrogens with two attached hydrogens (primary N) is 1. The summed E-state index contributed by atoms with van der Waals surface area (Å²) >= 11 is 0. The van der Waals surface area contributed by atoms with E-state index >= 15 is 0 Å². The number of fused-ring (bicyclic) bond motifs is 1. The van der Waals surface area contributed by atoms with Crippen molar-refractivity contribution in [2.24, 2.45) is 5.84 Å². The fourth-order valence-electron chi connectivity index (χ4n) is 1.68. The highest BCUT2D eigenvalue weighted by Crippen LogP contribution is 2.21. The van der Waals surface area contributed by atoms with Gasteiger partial charge in [-0.2, -0.15) is 4.98 Å². The van der Waals surface area contributed by atoms with Gasteiger partial charge in [0.05, 0.1) is 25.3 Å². The highest BCUT2D eigenvalue weighted by atomic mass is 16.5. The van der Waals surface area contributed by atoms with E-state index in [1.807, 2.05) is 24.3 Å². The molecule has 0 fully saturated rings. The SMILES string of the molecule is NNc1nc(NCCOCCO)c2ccccc2n1. The third-order valence-electron chi connectivity index (χ3n) is 2.51. The predicted molar refractivity (Wildman–Crippen MR) is 73.7 cm³/mol. The maximum atomic E-state index is 8.60. The lowest BCUT2D eigenvalue weighted by molar-refractivity contribution is 0.0992. The lowest BCUT2D eigenvalue weighted by Crippen LogP contribution is -2.15. The molecule has 1 heterocycles. The van der Waals surface area contributed by atoms with Crippen molar-refractivity contribution in [2.75, 3.05) is 37.1 Å². The van der Waals surface area contributed by atoms with Crippen LogP contribution in [0.1, 0.15) is 0 Å². The van der Waals surface area contributed by atoms with E-state index in [9.17, 15) is 0 Å². The molecule has 7 heteroatoms. The van der Waals surface area contributed by atoms with Gasteiger partial charge in [-0.3, -0.25) is 5.43 Å². The number of nitrogens with one attached hydrogen (secondary N) is 2. The number of aliphatic hydroxyl groups is 1. The van der Waals surface area contributed by atoms with Gasteiger partial charge in [0.15, 0.2) is 0 Å². The van der Waals surface area contributed by atoms with E-state index in [2.05, 4.69) is 20.7 Å². The second-order valence-electron chi connectivity index (χ2n) is 3.82. The summed E-state index contributed by atoms with van der Waals surface area (Å²) in [6, 6.07) is 7.66. The minimum Gasteiger partial charge on any atom is -0.394 e. The molecule has 102 valence electrons. The predicted octanol–water partition coefficient (Wildman–Crippen LogP) is 0.336. The number of aromatic nitrogens is 2. The lowest BCUT2D eigenvalue weighted by atomic mass is 10.2. The molecule has 1 aromatic carbocycles. The summed E-state index contributed by atoms with van der Waals surface area (Å²) in [5.74, 6) is 6.41. The van der Waals surface area contributed by atoms with Crippen LogP contribution in [0.4, 0.5) is 11.8 Å².